The van der Waals surface area contributed by atoms with E-state index in [2.05, 4.69) is 37.3 Å². The number of aryl methyl sites for hydroxylation is 1. The quantitative estimate of drug-likeness (QED) is 0.253. The molecule has 0 spiro atoms. The molecule has 0 atom stereocenters. The molecule has 182 valence electrons. The summed E-state index contributed by atoms with van der Waals surface area (Å²) in [4.78, 5) is 20.0. The van der Waals surface area contributed by atoms with Crippen LogP contribution in [0.15, 0.2) is 59.1 Å². The van der Waals surface area contributed by atoms with Gasteiger partial charge in [-0.15, -0.1) is 0 Å². The molecule has 9 heteroatoms. The molecule has 1 aromatic heterocycles. The van der Waals surface area contributed by atoms with Gasteiger partial charge < -0.3 is 19.8 Å². The molecule has 0 unspecified atom stereocenters. The molecule has 1 amide bonds. The van der Waals surface area contributed by atoms with E-state index in [1.807, 2.05) is 32.0 Å². The summed E-state index contributed by atoms with van der Waals surface area (Å²) in [5.41, 5.74) is 4.19. The number of amides is 1. The lowest BCUT2D eigenvalue weighted by molar-refractivity contribution is -0.118. The van der Waals surface area contributed by atoms with Crippen molar-refractivity contribution in [1.29, 1.82) is 5.26 Å². The van der Waals surface area contributed by atoms with Crippen LogP contribution < -0.4 is 14.8 Å². The van der Waals surface area contributed by atoms with Gasteiger partial charge in [-0.3, -0.25) is 4.79 Å². The number of nitrogens with one attached hydrogen (secondary N) is 2. The number of carbonyl (C=O) groups excluding carboxylic acids is 1. The normalized spacial score (nSPS) is 11.2. The van der Waals surface area contributed by atoms with E-state index in [0.29, 0.717) is 45.2 Å². The van der Waals surface area contributed by atoms with E-state index >= 15 is 0 Å². The predicted molar refractivity (Wildman–Crippen MR) is 140 cm³/mol. The number of hydrogen-bond acceptors (Lipinski definition) is 5. The van der Waals surface area contributed by atoms with Gasteiger partial charge in [0.25, 0.3) is 5.91 Å². The van der Waals surface area contributed by atoms with E-state index < -0.39 is 5.91 Å². The van der Waals surface area contributed by atoms with Crippen molar-refractivity contribution in [3.8, 4) is 17.6 Å². The summed E-state index contributed by atoms with van der Waals surface area (Å²) < 4.78 is 25.1. The molecule has 0 aliphatic carbocycles. The van der Waals surface area contributed by atoms with Crippen LogP contribution >= 0.6 is 15.9 Å². The summed E-state index contributed by atoms with van der Waals surface area (Å²) in [5, 5.41) is 12.4. The first kappa shape index (κ1) is 24.9. The Morgan fingerprint density at radius 2 is 1.92 bits per heavy atom. The molecule has 4 rings (SSSR count). The third kappa shape index (κ3) is 5.90. The number of imidazole rings is 1. The Balaban J connectivity index is 1.56. The largest absolute Gasteiger partial charge is 0.490 e. The van der Waals surface area contributed by atoms with Gasteiger partial charge in [-0.25, -0.2) is 9.37 Å². The topological polar surface area (TPSA) is 100 Å². The Hall–Kier alpha value is -4.16. The van der Waals surface area contributed by atoms with Crippen LogP contribution in [0.1, 0.15) is 23.9 Å². The molecule has 0 saturated heterocycles. The van der Waals surface area contributed by atoms with Crippen LogP contribution in [0, 0.1) is 24.1 Å². The number of ether oxygens (including phenoxy) is 2. The maximum atomic E-state index is 13.1. The number of aromatic nitrogens is 2. The van der Waals surface area contributed by atoms with Crippen LogP contribution in [-0.4, -0.2) is 29.1 Å². The van der Waals surface area contributed by atoms with Gasteiger partial charge in [0, 0.05) is 10.2 Å². The number of fused-ring (bicyclic) bond motifs is 1. The molecule has 0 aliphatic heterocycles. The number of rotatable bonds is 8. The zero-order valence-corrected chi connectivity index (χ0v) is 21.1. The lowest BCUT2D eigenvalue weighted by Gasteiger charge is -2.14. The summed E-state index contributed by atoms with van der Waals surface area (Å²) in [6.45, 7) is 3.92. The zero-order chi connectivity index (χ0) is 25.7. The second-order valence-electron chi connectivity index (χ2n) is 7.87. The van der Waals surface area contributed by atoms with Crippen molar-refractivity contribution in [1.82, 2.24) is 9.97 Å². The number of nitrogens with zero attached hydrogens (tertiary/aromatic N) is 2. The molecule has 7 nitrogen and oxygen atoms in total. The Labute approximate surface area is 215 Å². The molecule has 36 heavy (non-hydrogen) atoms. The van der Waals surface area contributed by atoms with Gasteiger partial charge in [-0.2, -0.15) is 5.26 Å². The van der Waals surface area contributed by atoms with Crippen LogP contribution in [-0.2, 0) is 4.79 Å². The summed E-state index contributed by atoms with van der Waals surface area (Å²) in [6.07, 6.45) is 1.70. The highest BCUT2D eigenvalue weighted by Gasteiger charge is 2.14. The van der Waals surface area contributed by atoms with Gasteiger partial charge in [0.05, 0.1) is 23.2 Å². The molecule has 2 N–H and O–H groups in total. The molecule has 4 aromatic rings. The number of halogens is 2. The minimum absolute atomic E-state index is 0.277. The van der Waals surface area contributed by atoms with E-state index in [9.17, 15) is 14.4 Å². The van der Waals surface area contributed by atoms with E-state index in [1.165, 1.54) is 24.3 Å². The molecule has 0 bridgehead atoms. The van der Waals surface area contributed by atoms with Crippen molar-refractivity contribution in [2.75, 3.05) is 18.5 Å². The number of H-pyrrole nitrogens is 1. The Kier molecular flexibility index (Phi) is 7.66. The van der Waals surface area contributed by atoms with Crippen molar-refractivity contribution in [2.45, 2.75) is 13.8 Å². The van der Waals surface area contributed by atoms with E-state index in [4.69, 9.17) is 9.47 Å². The third-order valence-corrected chi connectivity index (χ3v) is 5.85. The number of carbonyl (C=O) groups is 1. The van der Waals surface area contributed by atoms with E-state index in [-0.39, 0.29) is 12.4 Å². The fourth-order valence-electron chi connectivity index (χ4n) is 3.48. The maximum Gasteiger partial charge on any atom is 0.262 e. The lowest BCUT2D eigenvalue weighted by Crippen LogP contribution is -2.20. The van der Waals surface area contributed by atoms with Crippen LogP contribution in [0.25, 0.3) is 22.7 Å². The monoisotopic (exact) mass is 548 g/mol. The standard InChI is InChI=1S/C27H22BrFN4O3/c1-3-35-24-12-17(11-18(14-30)27-32-22-9-4-16(2)10-23(22)33-27)21(28)13-25(24)36-15-26(34)31-20-7-5-19(29)6-8-20/h4-13H,3,15H2,1-2H3,(H,31,34)(H,32,33)/b18-11-. The summed E-state index contributed by atoms with van der Waals surface area (Å²) in [5.74, 6) is 0.434. The SMILES string of the molecule is CCOc1cc(/C=C(/C#N)c2nc3ccc(C)cc3[nH]2)c(Br)cc1OCC(=O)Nc1ccc(F)cc1. The highest BCUT2D eigenvalue weighted by atomic mass is 79.9. The zero-order valence-electron chi connectivity index (χ0n) is 19.6. The molecule has 3 aromatic carbocycles. The van der Waals surface area contributed by atoms with Crippen LogP contribution in [0.4, 0.5) is 10.1 Å². The Morgan fingerprint density at radius 3 is 2.64 bits per heavy atom. The van der Waals surface area contributed by atoms with Gasteiger partial charge in [-0.1, -0.05) is 22.0 Å². The lowest BCUT2D eigenvalue weighted by atomic mass is 10.1. The van der Waals surface area contributed by atoms with Crippen molar-refractivity contribution >= 4 is 50.2 Å². The van der Waals surface area contributed by atoms with Gasteiger partial charge in [0.15, 0.2) is 18.1 Å². The average Bonchev–Trinajstić information content (AvgIpc) is 3.27. The number of aromatic amines is 1. The average molecular weight is 549 g/mol. The van der Waals surface area contributed by atoms with Gasteiger partial charge in [-0.05, 0) is 79.6 Å². The van der Waals surface area contributed by atoms with Crippen molar-refractivity contribution < 1.29 is 18.7 Å². The van der Waals surface area contributed by atoms with Crippen LogP contribution in [0.2, 0.25) is 0 Å². The number of nitriles is 1. The minimum Gasteiger partial charge on any atom is -0.490 e. The molecular weight excluding hydrogens is 527 g/mol. The third-order valence-electron chi connectivity index (χ3n) is 5.16. The van der Waals surface area contributed by atoms with Crippen LogP contribution in [0.3, 0.4) is 0 Å². The van der Waals surface area contributed by atoms with Gasteiger partial charge in [0.2, 0.25) is 0 Å². The maximum absolute atomic E-state index is 13.1. The Bertz CT molecular complexity index is 1490. The summed E-state index contributed by atoms with van der Waals surface area (Å²) in [6, 6.07) is 16.9. The highest BCUT2D eigenvalue weighted by Crippen LogP contribution is 2.35. The second-order valence-corrected chi connectivity index (χ2v) is 8.73. The number of benzene rings is 3. The molecule has 0 fully saturated rings. The fourth-order valence-corrected chi connectivity index (χ4v) is 3.91. The van der Waals surface area contributed by atoms with Gasteiger partial charge >= 0.3 is 0 Å². The first-order valence-corrected chi connectivity index (χ1v) is 11.9. The smallest absolute Gasteiger partial charge is 0.262 e. The first-order valence-electron chi connectivity index (χ1n) is 11.1. The molecule has 0 radical (unpaired) electrons. The van der Waals surface area contributed by atoms with Crippen molar-refractivity contribution in [3.63, 3.8) is 0 Å². The minimum atomic E-state index is -0.406. The molecular formula is C27H22BrFN4O3. The number of anilines is 1. The number of allylic oxidation sites excluding steroid dienone is 1. The predicted octanol–water partition coefficient (Wildman–Crippen LogP) is 6.25. The second kappa shape index (κ2) is 11.1. The fraction of sp³-hybridized carbons (Fsp3) is 0.148. The van der Waals surface area contributed by atoms with Crippen molar-refractivity contribution in [2.24, 2.45) is 0 Å². The summed E-state index contributed by atoms with van der Waals surface area (Å²) >= 11 is 3.52. The molecule has 1 heterocycles. The molecule has 0 aliphatic rings. The van der Waals surface area contributed by atoms with Crippen molar-refractivity contribution in [3.05, 3.63) is 81.8 Å². The Morgan fingerprint density at radius 1 is 1.17 bits per heavy atom. The first-order chi connectivity index (χ1) is 17.4. The summed E-state index contributed by atoms with van der Waals surface area (Å²) in [7, 11) is 0. The highest BCUT2D eigenvalue weighted by molar-refractivity contribution is 9.10. The van der Waals surface area contributed by atoms with E-state index in [0.717, 1.165) is 16.6 Å². The van der Waals surface area contributed by atoms with E-state index in [1.54, 1.807) is 18.2 Å². The van der Waals surface area contributed by atoms with Crippen LogP contribution in [0.5, 0.6) is 11.5 Å². The van der Waals surface area contributed by atoms with Gasteiger partial charge in [0.1, 0.15) is 17.7 Å². The number of hydrogen-bond donors (Lipinski definition) is 2. The molecule has 0 saturated carbocycles.